The second-order valence-electron chi connectivity index (χ2n) is 5.99. The first-order valence-corrected chi connectivity index (χ1v) is 8.32. The lowest BCUT2D eigenvalue weighted by atomic mass is 10.1. The molecule has 2 heterocycles. The summed E-state index contributed by atoms with van der Waals surface area (Å²) in [5, 5.41) is 10.3. The molecule has 1 fully saturated rings. The molecule has 136 valence electrons. The summed E-state index contributed by atoms with van der Waals surface area (Å²) in [5.74, 6) is 1.02. The molecule has 1 atom stereocenters. The third-order valence-corrected chi connectivity index (χ3v) is 4.16. The third kappa shape index (κ3) is 4.56. The molecular formula is C17H24ClN5O2. The maximum Gasteiger partial charge on any atom is 0.258 e. The van der Waals surface area contributed by atoms with Crippen LogP contribution in [0.2, 0.25) is 0 Å². The zero-order valence-electron chi connectivity index (χ0n) is 14.5. The lowest BCUT2D eigenvalue weighted by molar-refractivity contribution is 0.0953. The van der Waals surface area contributed by atoms with Gasteiger partial charge in [-0.15, -0.1) is 12.4 Å². The second-order valence-corrected chi connectivity index (χ2v) is 5.99. The quantitative estimate of drug-likeness (QED) is 0.841. The number of aromatic nitrogens is 2. The average molecular weight is 366 g/mol. The number of hydrogen-bond donors (Lipinski definition) is 2. The van der Waals surface area contributed by atoms with E-state index in [1.165, 1.54) is 0 Å². The molecule has 0 aliphatic carbocycles. The van der Waals surface area contributed by atoms with Gasteiger partial charge in [0.15, 0.2) is 5.82 Å². The predicted octanol–water partition coefficient (Wildman–Crippen LogP) is 1.87. The molecule has 2 N–H and O–H groups in total. The van der Waals surface area contributed by atoms with Crippen molar-refractivity contribution in [3.63, 3.8) is 0 Å². The first kappa shape index (κ1) is 19.4. The Bertz CT molecular complexity index is 706. The van der Waals surface area contributed by atoms with Crippen LogP contribution in [0, 0.1) is 0 Å². The highest BCUT2D eigenvalue weighted by atomic mass is 35.5. The fraction of sp³-hybridized carbons (Fsp3) is 0.471. The molecule has 1 unspecified atom stereocenters. The summed E-state index contributed by atoms with van der Waals surface area (Å²) >= 11 is 0. The van der Waals surface area contributed by atoms with Gasteiger partial charge >= 0.3 is 0 Å². The van der Waals surface area contributed by atoms with Gasteiger partial charge in [-0.2, -0.15) is 4.98 Å². The monoisotopic (exact) mass is 365 g/mol. The van der Waals surface area contributed by atoms with Crippen molar-refractivity contribution < 1.29 is 9.32 Å². The van der Waals surface area contributed by atoms with Gasteiger partial charge in [0.2, 0.25) is 0 Å². The molecule has 1 aromatic heterocycles. The van der Waals surface area contributed by atoms with E-state index in [9.17, 15) is 4.79 Å². The molecule has 25 heavy (non-hydrogen) atoms. The minimum Gasteiger partial charge on any atom is -0.352 e. The van der Waals surface area contributed by atoms with E-state index in [4.69, 9.17) is 4.52 Å². The van der Waals surface area contributed by atoms with Crippen molar-refractivity contribution in [2.75, 3.05) is 33.2 Å². The summed E-state index contributed by atoms with van der Waals surface area (Å²) in [6.45, 7) is 5.39. The fourth-order valence-corrected chi connectivity index (χ4v) is 2.72. The van der Waals surface area contributed by atoms with Crippen molar-refractivity contribution in [2.45, 2.75) is 19.4 Å². The number of rotatable bonds is 5. The highest BCUT2D eigenvalue weighted by Crippen LogP contribution is 2.23. The highest BCUT2D eigenvalue weighted by molar-refractivity contribution is 5.95. The second kappa shape index (κ2) is 8.94. The summed E-state index contributed by atoms with van der Waals surface area (Å²) in [7, 11) is 2.06. The van der Waals surface area contributed by atoms with E-state index in [1.54, 1.807) is 12.1 Å². The van der Waals surface area contributed by atoms with Gasteiger partial charge in [-0.25, -0.2) is 0 Å². The van der Waals surface area contributed by atoms with Gasteiger partial charge in [-0.3, -0.25) is 9.69 Å². The molecule has 1 saturated heterocycles. The first-order valence-electron chi connectivity index (χ1n) is 8.32. The molecule has 7 nitrogen and oxygen atoms in total. The molecule has 3 rings (SSSR count). The molecular weight excluding hydrogens is 342 g/mol. The predicted molar refractivity (Wildman–Crippen MR) is 97.8 cm³/mol. The van der Waals surface area contributed by atoms with Crippen LogP contribution in [-0.2, 0) is 0 Å². The number of benzene rings is 1. The van der Waals surface area contributed by atoms with Crippen molar-refractivity contribution in [1.82, 2.24) is 25.7 Å². The van der Waals surface area contributed by atoms with Gasteiger partial charge in [0.25, 0.3) is 11.8 Å². The number of amides is 1. The van der Waals surface area contributed by atoms with Crippen LogP contribution in [0.4, 0.5) is 0 Å². The number of hydrogen-bond acceptors (Lipinski definition) is 6. The molecule has 1 aliphatic rings. The Kier molecular flexibility index (Phi) is 6.92. The van der Waals surface area contributed by atoms with Crippen LogP contribution >= 0.6 is 12.4 Å². The summed E-state index contributed by atoms with van der Waals surface area (Å²) in [6, 6.07) is 7.37. The van der Waals surface area contributed by atoms with Crippen molar-refractivity contribution in [3.8, 4) is 11.5 Å². The Morgan fingerprint density at radius 1 is 1.48 bits per heavy atom. The molecule has 0 bridgehead atoms. The van der Waals surface area contributed by atoms with Gasteiger partial charge in [-0.05, 0) is 31.7 Å². The van der Waals surface area contributed by atoms with E-state index >= 15 is 0 Å². The molecule has 0 saturated carbocycles. The first-order chi connectivity index (χ1) is 11.7. The van der Waals surface area contributed by atoms with Crippen LogP contribution < -0.4 is 10.6 Å². The maximum atomic E-state index is 12.1. The molecule has 0 spiro atoms. The summed E-state index contributed by atoms with van der Waals surface area (Å²) in [4.78, 5) is 18.8. The van der Waals surface area contributed by atoms with Crippen LogP contribution in [0.5, 0.6) is 0 Å². The fourth-order valence-electron chi connectivity index (χ4n) is 2.72. The van der Waals surface area contributed by atoms with Crippen molar-refractivity contribution in [3.05, 3.63) is 35.7 Å². The van der Waals surface area contributed by atoms with Gasteiger partial charge in [0, 0.05) is 37.3 Å². The van der Waals surface area contributed by atoms with E-state index in [1.807, 2.05) is 19.1 Å². The van der Waals surface area contributed by atoms with Crippen LogP contribution in [0.15, 0.2) is 28.8 Å². The number of carbonyl (C=O) groups excluding carboxylic acids is 1. The van der Waals surface area contributed by atoms with Gasteiger partial charge in [0.1, 0.15) is 0 Å². The van der Waals surface area contributed by atoms with Crippen molar-refractivity contribution >= 4 is 18.3 Å². The Morgan fingerprint density at radius 2 is 2.32 bits per heavy atom. The maximum absolute atomic E-state index is 12.1. The lowest BCUT2D eigenvalue weighted by Gasteiger charge is -2.30. The number of carbonyl (C=O) groups is 1. The number of nitrogens with one attached hydrogen (secondary N) is 2. The van der Waals surface area contributed by atoms with E-state index in [2.05, 4.69) is 32.7 Å². The minimum atomic E-state index is -0.0883. The third-order valence-electron chi connectivity index (χ3n) is 4.16. The van der Waals surface area contributed by atoms with Crippen LogP contribution in [0.1, 0.15) is 35.6 Å². The van der Waals surface area contributed by atoms with E-state index < -0.39 is 0 Å². The summed E-state index contributed by atoms with van der Waals surface area (Å²) < 4.78 is 5.42. The van der Waals surface area contributed by atoms with Gasteiger partial charge in [-0.1, -0.05) is 18.1 Å². The topological polar surface area (TPSA) is 83.3 Å². The highest BCUT2D eigenvalue weighted by Gasteiger charge is 2.25. The molecule has 1 aromatic carbocycles. The van der Waals surface area contributed by atoms with Gasteiger partial charge in [0.05, 0.1) is 6.04 Å². The van der Waals surface area contributed by atoms with E-state index in [-0.39, 0.29) is 24.4 Å². The summed E-state index contributed by atoms with van der Waals surface area (Å²) in [5.41, 5.74) is 1.35. The lowest BCUT2D eigenvalue weighted by Crippen LogP contribution is -2.44. The van der Waals surface area contributed by atoms with E-state index in [0.717, 1.165) is 31.6 Å². The van der Waals surface area contributed by atoms with E-state index in [0.29, 0.717) is 23.8 Å². The number of nitrogens with zero attached hydrogens (tertiary/aromatic N) is 3. The largest absolute Gasteiger partial charge is 0.352 e. The Balaban J connectivity index is 0.00000225. The Hall–Kier alpha value is -1.96. The Morgan fingerprint density at radius 3 is 3.08 bits per heavy atom. The zero-order valence-corrected chi connectivity index (χ0v) is 15.3. The molecule has 8 heteroatoms. The number of likely N-dealkylation sites (N-methyl/N-ethyl adjacent to an activating group) is 1. The van der Waals surface area contributed by atoms with Gasteiger partial charge < -0.3 is 15.2 Å². The normalized spacial score (nSPS) is 17.8. The summed E-state index contributed by atoms with van der Waals surface area (Å²) in [6.07, 6.45) is 0.904. The van der Waals surface area contributed by atoms with Crippen LogP contribution in [0.25, 0.3) is 11.5 Å². The van der Waals surface area contributed by atoms with Crippen molar-refractivity contribution in [2.24, 2.45) is 0 Å². The molecule has 1 amide bonds. The van der Waals surface area contributed by atoms with Crippen LogP contribution in [0.3, 0.4) is 0 Å². The SMILES string of the molecule is CCCNC(=O)c1cccc(-c2nc(C3CNCCN3C)no2)c1.Cl. The minimum absolute atomic E-state index is 0. The number of halogens is 1. The molecule has 2 aromatic rings. The van der Waals surface area contributed by atoms with Crippen LogP contribution in [-0.4, -0.2) is 54.2 Å². The Labute approximate surface area is 153 Å². The zero-order chi connectivity index (χ0) is 16.9. The molecule has 1 aliphatic heterocycles. The van der Waals surface area contributed by atoms with Crippen molar-refractivity contribution in [1.29, 1.82) is 0 Å². The molecule has 0 radical (unpaired) electrons. The standard InChI is InChI=1S/C17H23N5O2.ClH/c1-3-7-19-16(23)12-5-4-6-13(10-12)17-20-15(21-24-17)14-11-18-8-9-22(14)2;/h4-6,10,14,18H,3,7-9,11H2,1-2H3,(H,19,23);1H. The average Bonchev–Trinajstić information content (AvgIpc) is 3.10. The number of piperazine rings is 1. The smallest absolute Gasteiger partial charge is 0.258 e.